The molecule has 5 nitrogen and oxygen atoms in total. The van der Waals surface area contributed by atoms with Crippen molar-refractivity contribution in [3.05, 3.63) is 59.2 Å². The van der Waals surface area contributed by atoms with Gasteiger partial charge in [-0.25, -0.2) is 0 Å². The Morgan fingerprint density at radius 3 is 2.68 bits per heavy atom. The standard InChI is InChI=1S/C23H32N4O/c1-17-12-19(14-22(13-17)28-4)16-25-23(24-3)26-18(2)20-8-7-9-21(15-20)27-10-5-6-11-27/h7-9,12-15,18H,5-6,10-11,16H2,1-4H3,(H2,24,25,26). The lowest BCUT2D eigenvalue weighted by molar-refractivity contribution is 0.414. The zero-order valence-electron chi connectivity index (χ0n) is 17.5. The van der Waals surface area contributed by atoms with Gasteiger partial charge in [-0.2, -0.15) is 0 Å². The monoisotopic (exact) mass is 380 g/mol. The molecule has 0 saturated carbocycles. The normalized spacial score (nSPS) is 15.4. The molecule has 150 valence electrons. The first-order valence-electron chi connectivity index (χ1n) is 10.1. The van der Waals surface area contributed by atoms with E-state index < -0.39 is 0 Å². The van der Waals surface area contributed by atoms with Crippen LogP contribution in [-0.2, 0) is 6.54 Å². The first-order chi connectivity index (χ1) is 13.6. The number of hydrogen-bond donors (Lipinski definition) is 2. The maximum Gasteiger partial charge on any atom is 0.191 e. The van der Waals surface area contributed by atoms with Gasteiger partial charge in [-0.05, 0) is 67.6 Å². The lowest BCUT2D eigenvalue weighted by atomic mass is 10.1. The minimum absolute atomic E-state index is 0.167. The number of rotatable bonds is 6. The number of hydrogen-bond acceptors (Lipinski definition) is 3. The molecule has 3 rings (SSSR count). The summed E-state index contributed by atoms with van der Waals surface area (Å²) in [6, 6.07) is 15.2. The summed E-state index contributed by atoms with van der Waals surface area (Å²) in [4.78, 5) is 6.85. The molecule has 5 heteroatoms. The predicted octanol–water partition coefficient (Wildman–Crippen LogP) is 4.03. The Morgan fingerprint density at radius 2 is 1.96 bits per heavy atom. The Kier molecular flexibility index (Phi) is 6.80. The van der Waals surface area contributed by atoms with Crippen LogP contribution < -0.4 is 20.3 Å². The van der Waals surface area contributed by atoms with Gasteiger partial charge in [-0.15, -0.1) is 0 Å². The van der Waals surface area contributed by atoms with Gasteiger partial charge in [0.15, 0.2) is 5.96 Å². The molecule has 0 aromatic heterocycles. The van der Waals surface area contributed by atoms with E-state index in [4.69, 9.17) is 4.74 Å². The molecule has 28 heavy (non-hydrogen) atoms. The van der Waals surface area contributed by atoms with E-state index in [0.29, 0.717) is 6.54 Å². The average molecular weight is 381 g/mol. The molecule has 1 aliphatic rings. The number of nitrogens with one attached hydrogen (secondary N) is 2. The fourth-order valence-corrected chi connectivity index (χ4v) is 3.68. The van der Waals surface area contributed by atoms with Crippen molar-refractivity contribution in [1.82, 2.24) is 10.6 Å². The van der Waals surface area contributed by atoms with E-state index >= 15 is 0 Å². The summed E-state index contributed by atoms with van der Waals surface area (Å²) >= 11 is 0. The van der Waals surface area contributed by atoms with E-state index in [1.54, 1.807) is 14.2 Å². The van der Waals surface area contributed by atoms with Crippen LogP contribution in [0.2, 0.25) is 0 Å². The van der Waals surface area contributed by atoms with Crippen LogP contribution in [-0.4, -0.2) is 33.2 Å². The van der Waals surface area contributed by atoms with Crippen LogP contribution in [0.25, 0.3) is 0 Å². The van der Waals surface area contributed by atoms with Crippen molar-refractivity contribution in [3.8, 4) is 5.75 Å². The summed E-state index contributed by atoms with van der Waals surface area (Å²) in [5.41, 5.74) is 4.94. The molecular formula is C23H32N4O. The maximum atomic E-state index is 5.37. The molecule has 0 spiro atoms. The van der Waals surface area contributed by atoms with E-state index in [2.05, 4.69) is 70.8 Å². The number of anilines is 1. The van der Waals surface area contributed by atoms with E-state index in [9.17, 15) is 0 Å². The highest BCUT2D eigenvalue weighted by molar-refractivity contribution is 5.80. The molecule has 1 saturated heterocycles. The minimum atomic E-state index is 0.167. The van der Waals surface area contributed by atoms with E-state index in [1.807, 2.05) is 6.07 Å². The Hall–Kier alpha value is -2.69. The molecule has 0 radical (unpaired) electrons. The smallest absolute Gasteiger partial charge is 0.191 e. The quantitative estimate of drug-likeness (QED) is 0.587. The van der Waals surface area contributed by atoms with Crippen molar-refractivity contribution in [2.24, 2.45) is 4.99 Å². The molecule has 0 aliphatic carbocycles. The van der Waals surface area contributed by atoms with E-state index in [0.717, 1.165) is 24.8 Å². The van der Waals surface area contributed by atoms with Crippen molar-refractivity contribution in [1.29, 1.82) is 0 Å². The molecular weight excluding hydrogens is 348 g/mol. The second-order valence-corrected chi connectivity index (χ2v) is 7.44. The number of benzene rings is 2. The third kappa shape index (κ3) is 5.18. The molecule has 1 fully saturated rings. The number of methoxy groups -OCH3 is 1. The Bertz CT molecular complexity index is 812. The summed E-state index contributed by atoms with van der Waals surface area (Å²) in [6.45, 7) is 7.27. The van der Waals surface area contributed by atoms with Crippen molar-refractivity contribution in [2.75, 3.05) is 32.1 Å². The van der Waals surface area contributed by atoms with Crippen LogP contribution in [0.4, 0.5) is 5.69 Å². The second-order valence-electron chi connectivity index (χ2n) is 7.44. The molecule has 0 bridgehead atoms. The number of aliphatic imine (C=N–C) groups is 1. The van der Waals surface area contributed by atoms with Gasteiger partial charge in [0.1, 0.15) is 5.75 Å². The first kappa shape index (κ1) is 20.1. The molecule has 0 amide bonds. The summed E-state index contributed by atoms with van der Waals surface area (Å²) in [6.07, 6.45) is 2.58. The molecule has 2 N–H and O–H groups in total. The second kappa shape index (κ2) is 9.49. The third-order valence-electron chi connectivity index (χ3n) is 5.22. The highest BCUT2D eigenvalue weighted by Crippen LogP contribution is 2.24. The van der Waals surface area contributed by atoms with E-state index in [1.165, 1.54) is 35.2 Å². The van der Waals surface area contributed by atoms with Gasteiger partial charge >= 0.3 is 0 Å². The lowest BCUT2D eigenvalue weighted by Gasteiger charge is -2.22. The molecule has 2 aromatic carbocycles. The highest BCUT2D eigenvalue weighted by atomic mass is 16.5. The maximum absolute atomic E-state index is 5.37. The van der Waals surface area contributed by atoms with Crippen molar-refractivity contribution in [3.63, 3.8) is 0 Å². The van der Waals surface area contributed by atoms with Gasteiger partial charge in [-0.1, -0.05) is 18.2 Å². The summed E-state index contributed by atoms with van der Waals surface area (Å²) < 4.78 is 5.37. The van der Waals surface area contributed by atoms with Crippen LogP contribution in [0.3, 0.4) is 0 Å². The molecule has 1 atom stereocenters. The Balaban J connectivity index is 1.61. The number of guanidine groups is 1. The zero-order valence-corrected chi connectivity index (χ0v) is 17.5. The first-order valence-corrected chi connectivity index (χ1v) is 10.1. The predicted molar refractivity (Wildman–Crippen MR) is 117 cm³/mol. The van der Waals surface area contributed by atoms with Crippen LogP contribution >= 0.6 is 0 Å². The van der Waals surface area contributed by atoms with Crippen molar-refractivity contribution < 1.29 is 4.74 Å². The Labute approximate surface area is 168 Å². The summed E-state index contributed by atoms with van der Waals surface area (Å²) in [7, 11) is 3.50. The minimum Gasteiger partial charge on any atom is -0.497 e. The number of aryl methyl sites for hydroxylation is 1. The van der Waals surface area contributed by atoms with Gasteiger partial charge in [0.25, 0.3) is 0 Å². The lowest BCUT2D eigenvalue weighted by Crippen LogP contribution is -2.38. The van der Waals surface area contributed by atoms with Crippen molar-refractivity contribution in [2.45, 2.75) is 39.3 Å². The van der Waals surface area contributed by atoms with Crippen LogP contribution in [0.1, 0.15) is 42.5 Å². The molecule has 2 aromatic rings. The molecule has 1 aliphatic heterocycles. The van der Waals surface area contributed by atoms with Crippen LogP contribution in [0.5, 0.6) is 5.75 Å². The fourth-order valence-electron chi connectivity index (χ4n) is 3.68. The summed E-state index contributed by atoms with van der Waals surface area (Å²) in [5, 5.41) is 6.91. The molecule has 1 heterocycles. The topological polar surface area (TPSA) is 48.9 Å². The van der Waals surface area contributed by atoms with E-state index in [-0.39, 0.29) is 6.04 Å². The van der Waals surface area contributed by atoms with Gasteiger partial charge in [0.05, 0.1) is 13.2 Å². The van der Waals surface area contributed by atoms with Crippen LogP contribution in [0, 0.1) is 6.92 Å². The van der Waals surface area contributed by atoms with Gasteiger partial charge in [0, 0.05) is 32.4 Å². The highest BCUT2D eigenvalue weighted by Gasteiger charge is 2.14. The summed E-state index contributed by atoms with van der Waals surface area (Å²) in [5.74, 6) is 1.67. The van der Waals surface area contributed by atoms with Gasteiger partial charge in [-0.3, -0.25) is 4.99 Å². The van der Waals surface area contributed by atoms with Crippen molar-refractivity contribution >= 4 is 11.6 Å². The Morgan fingerprint density at radius 1 is 1.18 bits per heavy atom. The zero-order chi connectivity index (χ0) is 19.9. The largest absolute Gasteiger partial charge is 0.497 e. The van der Waals surface area contributed by atoms with Gasteiger partial charge in [0.2, 0.25) is 0 Å². The average Bonchev–Trinajstić information content (AvgIpc) is 3.25. The number of nitrogens with zero attached hydrogens (tertiary/aromatic N) is 2. The third-order valence-corrected chi connectivity index (χ3v) is 5.22. The molecule has 1 unspecified atom stereocenters. The SMILES string of the molecule is CN=C(NCc1cc(C)cc(OC)c1)NC(C)c1cccc(N2CCCC2)c1. The fraction of sp³-hybridized carbons (Fsp3) is 0.435. The van der Waals surface area contributed by atoms with Gasteiger partial charge < -0.3 is 20.3 Å². The number of ether oxygens (including phenoxy) is 1. The van der Waals surface area contributed by atoms with Crippen LogP contribution in [0.15, 0.2) is 47.5 Å².